The molecule has 4 heteroatoms. The van der Waals surface area contributed by atoms with Gasteiger partial charge in [-0.05, 0) is 126 Å². The molecule has 0 radical (unpaired) electrons. The van der Waals surface area contributed by atoms with Crippen LogP contribution in [0.15, 0.2) is 69.9 Å². The minimum absolute atomic E-state index is 0.00697. The van der Waals surface area contributed by atoms with Crippen molar-refractivity contribution in [2.75, 3.05) is 14.2 Å². The molecular formula is C39H60O4. The van der Waals surface area contributed by atoms with Crippen molar-refractivity contribution in [3.05, 3.63) is 81.0 Å². The standard InChI is InChI=1S/C39H60O4/c1-28(2)16-11-17-29(3)18-12-19-30(4)20-13-21-31(5)22-14-23-32(6)24-15-25-33(7)26-27-35-34(8)36(40)38(42-9)39(43-10)37(35)41/h16,18,20,22,24,26,40-41H,11-15,17,19,21,23,25,27H2,1-10H3/b29-18+,30-20+,31-22+,32-24-,33-26-. The molecule has 0 aromatic heterocycles. The third kappa shape index (κ3) is 14.7. The molecule has 0 aliphatic carbocycles. The summed E-state index contributed by atoms with van der Waals surface area (Å²) in [6.45, 7) is 17.2. The third-order valence-corrected chi connectivity index (χ3v) is 8.01. The zero-order valence-electron chi connectivity index (χ0n) is 29.0. The Balaban J connectivity index is 2.44. The number of phenolic OH excluding ortho intramolecular Hbond substituents is 2. The summed E-state index contributed by atoms with van der Waals surface area (Å²) in [6.07, 6.45) is 25.5. The second-order valence-electron chi connectivity index (χ2n) is 12.3. The lowest BCUT2D eigenvalue weighted by molar-refractivity contribution is 0.314. The maximum absolute atomic E-state index is 10.7. The van der Waals surface area contributed by atoms with E-state index in [9.17, 15) is 10.2 Å². The van der Waals surface area contributed by atoms with Gasteiger partial charge in [0.25, 0.3) is 0 Å². The Kier molecular flexibility index (Phi) is 18.2. The van der Waals surface area contributed by atoms with Crippen LogP contribution in [0, 0.1) is 6.92 Å². The zero-order valence-corrected chi connectivity index (χ0v) is 29.0. The molecule has 1 rings (SSSR count). The molecule has 0 fully saturated rings. The van der Waals surface area contributed by atoms with Crippen molar-refractivity contribution >= 4 is 0 Å². The van der Waals surface area contributed by atoms with Gasteiger partial charge in [-0.25, -0.2) is 0 Å². The first kappa shape index (κ1) is 37.9. The van der Waals surface area contributed by atoms with Gasteiger partial charge in [-0.1, -0.05) is 69.9 Å². The van der Waals surface area contributed by atoms with Crippen molar-refractivity contribution in [1.29, 1.82) is 0 Å². The van der Waals surface area contributed by atoms with Crippen molar-refractivity contribution in [2.45, 2.75) is 126 Å². The van der Waals surface area contributed by atoms with E-state index in [1.165, 1.54) is 54.1 Å². The summed E-state index contributed by atoms with van der Waals surface area (Å²) < 4.78 is 10.5. The van der Waals surface area contributed by atoms with Gasteiger partial charge in [0.2, 0.25) is 11.5 Å². The largest absolute Gasteiger partial charge is 0.504 e. The molecule has 0 spiro atoms. The Bertz CT molecular complexity index is 1200. The SMILES string of the molecule is COc1c(O)c(C)c(C/C=C(/C)CC/C=C(/C)CC/C=C(\C)CC/C=C(\C)CC/C=C(\C)CCC=C(C)C)c(O)c1OC. The topological polar surface area (TPSA) is 58.9 Å². The molecule has 0 saturated carbocycles. The van der Waals surface area contributed by atoms with Crippen LogP contribution >= 0.6 is 0 Å². The van der Waals surface area contributed by atoms with E-state index >= 15 is 0 Å². The predicted octanol–water partition coefficient (Wildman–Crippen LogP) is 11.6. The van der Waals surface area contributed by atoms with E-state index in [0.717, 1.165) is 57.8 Å². The molecule has 1 aromatic carbocycles. The molecule has 0 unspecified atom stereocenters. The van der Waals surface area contributed by atoms with Crippen LogP contribution in [0.25, 0.3) is 0 Å². The highest BCUT2D eigenvalue weighted by atomic mass is 16.5. The quantitative estimate of drug-likeness (QED) is 0.124. The van der Waals surface area contributed by atoms with E-state index in [1.54, 1.807) is 6.92 Å². The highest BCUT2D eigenvalue weighted by Gasteiger charge is 2.22. The summed E-state index contributed by atoms with van der Waals surface area (Å²) in [5.41, 5.74) is 9.82. The van der Waals surface area contributed by atoms with E-state index in [4.69, 9.17) is 9.47 Å². The van der Waals surface area contributed by atoms with Gasteiger partial charge in [-0.3, -0.25) is 0 Å². The van der Waals surface area contributed by atoms with Crippen molar-refractivity contribution in [1.82, 2.24) is 0 Å². The molecule has 0 aliphatic heterocycles. The molecule has 0 heterocycles. The normalized spacial score (nSPS) is 13.4. The summed E-state index contributed by atoms with van der Waals surface area (Å²) in [5.74, 6) is 0.358. The van der Waals surface area contributed by atoms with Gasteiger partial charge in [-0.2, -0.15) is 0 Å². The summed E-state index contributed by atoms with van der Waals surface area (Å²) >= 11 is 0. The summed E-state index contributed by atoms with van der Waals surface area (Å²) in [7, 11) is 2.90. The Morgan fingerprint density at radius 2 is 0.837 bits per heavy atom. The molecule has 240 valence electrons. The number of aromatic hydroxyl groups is 2. The number of allylic oxidation sites excluding steroid dienone is 12. The van der Waals surface area contributed by atoms with Crippen LogP contribution in [0.4, 0.5) is 0 Å². The molecule has 0 aliphatic rings. The number of hydrogen-bond donors (Lipinski definition) is 2. The predicted molar refractivity (Wildman–Crippen MR) is 186 cm³/mol. The lowest BCUT2D eigenvalue weighted by Gasteiger charge is -2.17. The zero-order chi connectivity index (χ0) is 32.4. The van der Waals surface area contributed by atoms with Gasteiger partial charge < -0.3 is 19.7 Å². The van der Waals surface area contributed by atoms with E-state index in [0.29, 0.717) is 17.5 Å². The van der Waals surface area contributed by atoms with Crippen molar-refractivity contribution in [3.63, 3.8) is 0 Å². The lowest BCUT2D eigenvalue weighted by atomic mass is 9.99. The number of ether oxygens (including phenoxy) is 2. The van der Waals surface area contributed by atoms with Crippen LogP contribution < -0.4 is 9.47 Å². The van der Waals surface area contributed by atoms with Crippen LogP contribution in [0.3, 0.4) is 0 Å². The van der Waals surface area contributed by atoms with Crippen LogP contribution in [-0.4, -0.2) is 24.4 Å². The van der Waals surface area contributed by atoms with Crippen LogP contribution in [0.2, 0.25) is 0 Å². The maximum Gasteiger partial charge on any atom is 0.207 e. The molecule has 0 saturated heterocycles. The average molecular weight is 593 g/mol. The first-order valence-corrected chi connectivity index (χ1v) is 16.0. The first-order valence-electron chi connectivity index (χ1n) is 16.0. The fourth-order valence-electron chi connectivity index (χ4n) is 5.03. The monoisotopic (exact) mass is 592 g/mol. The van der Waals surface area contributed by atoms with Crippen LogP contribution in [-0.2, 0) is 6.42 Å². The smallest absolute Gasteiger partial charge is 0.207 e. The van der Waals surface area contributed by atoms with E-state index in [2.05, 4.69) is 84.9 Å². The summed E-state index contributed by atoms with van der Waals surface area (Å²) in [4.78, 5) is 0. The van der Waals surface area contributed by atoms with E-state index < -0.39 is 0 Å². The minimum Gasteiger partial charge on any atom is -0.504 e. The average Bonchev–Trinajstić information content (AvgIpc) is 2.94. The Morgan fingerprint density at radius 3 is 1.19 bits per heavy atom. The second-order valence-corrected chi connectivity index (χ2v) is 12.3. The van der Waals surface area contributed by atoms with Gasteiger partial charge in [0.15, 0.2) is 11.5 Å². The molecule has 0 bridgehead atoms. The van der Waals surface area contributed by atoms with Gasteiger partial charge in [-0.15, -0.1) is 0 Å². The van der Waals surface area contributed by atoms with E-state index in [-0.39, 0.29) is 23.0 Å². The van der Waals surface area contributed by atoms with Gasteiger partial charge >= 0.3 is 0 Å². The second kappa shape index (κ2) is 20.7. The molecule has 43 heavy (non-hydrogen) atoms. The molecule has 4 nitrogen and oxygen atoms in total. The fraction of sp³-hybridized carbons (Fsp3) is 0.538. The van der Waals surface area contributed by atoms with Gasteiger partial charge in [0, 0.05) is 11.1 Å². The Morgan fingerprint density at radius 1 is 0.512 bits per heavy atom. The third-order valence-electron chi connectivity index (χ3n) is 8.01. The molecular weight excluding hydrogens is 532 g/mol. The number of phenols is 2. The van der Waals surface area contributed by atoms with Crippen molar-refractivity contribution < 1.29 is 19.7 Å². The molecule has 0 amide bonds. The number of methoxy groups -OCH3 is 2. The van der Waals surface area contributed by atoms with Gasteiger partial charge in [0.05, 0.1) is 14.2 Å². The Hall–Kier alpha value is -3.14. The first-order chi connectivity index (χ1) is 20.4. The van der Waals surface area contributed by atoms with Gasteiger partial charge in [0.1, 0.15) is 0 Å². The minimum atomic E-state index is 0.00697. The highest BCUT2D eigenvalue weighted by Crippen LogP contribution is 2.48. The van der Waals surface area contributed by atoms with Crippen LogP contribution in [0.5, 0.6) is 23.0 Å². The fourth-order valence-corrected chi connectivity index (χ4v) is 5.03. The Labute approximate surface area is 263 Å². The lowest BCUT2D eigenvalue weighted by Crippen LogP contribution is -1.98. The summed E-state index contributed by atoms with van der Waals surface area (Å²) in [6, 6.07) is 0. The highest BCUT2D eigenvalue weighted by molar-refractivity contribution is 5.66. The molecule has 2 N–H and O–H groups in total. The number of hydrogen-bond acceptors (Lipinski definition) is 4. The van der Waals surface area contributed by atoms with Crippen molar-refractivity contribution in [2.24, 2.45) is 0 Å². The molecule has 0 atom stereocenters. The van der Waals surface area contributed by atoms with Crippen LogP contribution in [0.1, 0.15) is 124 Å². The molecule has 1 aromatic rings. The summed E-state index contributed by atoms with van der Waals surface area (Å²) in [5, 5.41) is 21.1. The van der Waals surface area contributed by atoms with E-state index in [1.807, 2.05) is 0 Å². The number of rotatable bonds is 19. The maximum atomic E-state index is 10.7. The van der Waals surface area contributed by atoms with Crippen molar-refractivity contribution in [3.8, 4) is 23.0 Å². The number of benzene rings is 1.